The number of hydrogen-bond donors (Lipinski definition) is 2. The molecule has 0 spiro atoms. The molecule has 58 heavy (non-hydrogen) atoms. The average molecular weight is 822 g/mol. The highest BCUT2D eigenvalue weighted by Crippen LogP contribution is 2.31. The molecule has 0 amide bonds. The molecule has 0 aliphatic heterocycles. The van der Waals surface area contributed by atoms with Crippen molar-refractivity contribution in [3.8, 4) is 0 Å². The van der Waals surface area contributed by atoms with Crippen molar-refractivity contribution in [1.82, 2.24) is 4.90 Å². The van der Waals surface area contributed by atoms with Crippen molar-refractivity contribution in [1.29, 1.82) is 0 Å². The molecule has 3 atom stereocenters. The van der Waals surface area contributed by atoms with Crippen LogP contribution in [0.4, 0.5) is 0 Å². The van der Waals surface area contributed by atoms with Gasteiger partial charge in [0.2, 0.25) is 0 Å². The second-order valence-electron chi connectivity index (χ2n) is 19.2. The summed E-state index contributed by atoms with van der Waals surface area (Å²) >= 11 is 0. The third-order valence-corrected chi connectivity index (χ3v) is 13.6. The van der Waals surface area contributed by atoms with Crippen LogP contribution >= 0.6 is 0 Å². The molecule has 0 bridgehead atoms. The van der Waals surface area contributed by atoms with Gasteiger partial charge in [-0.2, -0.15) is 0 Å². The molecule has 1 aliphatic carbocycles. The van der Waals surface area contributed by atoms with Gasteiger partial charge in [-0.15, -0.1) is 0 Å². The number of hydrogen-bond acceptors (Lipinski definition) is 5. The van der Waals surface area contributed by atoms with Crippen molar-refractivity contribution in [2.24, 2.45) is 11.8 Å². The number of unbranched alkanes of at least 4 members (excludes halogenated alkanes) is 24. The van der Waals surface area contributed by atoms with Gasteiger partial charge in [0.25, 0.3) is 0 Å². The lowest BCUT2D eigenvalue weighted by atomic mass is 9.85. The van der Waals surface area contributed by atoms with Crippen LogP contribution in [0.15, 0.2) is 0 Å². The van der Waals surface area contributed by atoms with Crippen LogP contribution in [0.25, 0.3) is 0 Å². The zero-order valence-electron chi connectivity index (χ0n) is 40.2. The average Bonchev–Trinajstić information content (AvgIpc) is 3.52. The van der Waals surface area contributed by atoms with E-state index in [-0.39, 0.29) is 6.10 Å². The highest BCUT2D eigenvalue weighted by Gasteiger charge is 2.20. The van der Waals surface area contributed by atoms with Gasteiger partial charge in [0.1, 0.15) is 0 Å². The third kappa shape index (κ3) is 36.5. The van der Waals surface area contributed by atoms with E-state index in [4.69, 9.17) is 9.47 Å². The van der Waals surface area contributed by atoms with Crippen molar-refractivity contribution in [2.45, 2.75) is 303 Å². The molecule has 1 fully saturated rings. The summed E-state index contributed by atoms with van der Waals surface area (Å²) in [5.74, 6) is 1.80. The first-order valence-corrected chi connectivity index (χ1v) is 26.9. The lowest BCUT2D eigenvalue weighted by Crippen LogP contribution is -2.29. The Bertz CT molecular complexity index is 772. The second-order valence-corrected chi connectivity index (χ2v) is 19.2. The van der Waals surface area contributed by atoms with Crippen LogP contribution in [0.3, 0.4) is 0 Å². The van der Waals surface area contributed by atoms with Gasteiger partial charge >= 0.3 is 0 Å². The SMILES string of the molecule is CCCCCCCCCOC(O)CCCCCCCN(CCCCCCCC(O)OC(CCCCCCCC)CCCCCCCC)CCC(C)C1CCCCCC1. The molecule has 3 unspecified atom stereocenters. The van der Waals surface area contributed by atoms with E-state index < -0.39 is 12.6 Å². The zero-order valence-corrected chi connectivity index (χ0v) is 40.2. The van der Waals surface area contributed by atoms with Crippen LogP contribution in [-0.4, -0.2) is 60.0 Å². The molecule has 0 aromatic heterocycles. The molecule has 5 nitrogen and oxygen atoms in total. The Morgan fingerprint density at radius 3 is 1.31 bits per heavy atom. The summed E-state index contributed by atoms with van der Waals surface area (Å²) in [4.78, 5) is 2.81. The Labute approximate surface area is 364 Å². The van der Waals surface area contributed by atoms with E-state index in [0.717, 1.165) is 56.8 Å². The maximum Gasteiger partial charge on any atom is 0.154 e. The number of aliphatic hydroxyl groups excluding tert-OH is 2. The van der Waals surface area contributed by atoms with Gasteiger partial charge in [-0.1, -0.05) is 220 Å². The van der Waals surface area contributed by atoms with Crippen LogP contribution in [0.2, 0.25) is 0 Å². The molecule has 0 heterocycles. The Balaban J connectivity index is 2.33. The minimum atomic E-state index is -0.589. The Kier molecular flexibility index (Phi) is 41.8. The van der Waals surface area contributed by atoms with E-state index in [9.17, 15) is 10.2 Å². The van der Waals surface area contributed by atoms with E-state index in [1.165, 1.54) is 232 Å². The summed E-state index contributed by atoms with van der Waals surface area (Å²) < 4.78 is 12.0. The second kappa shape index (κ2) is 43.4. The molecule has 2 N–H and O–H groups in total. The monoisotopic (exact) mass is 822 g/mol. The van der Waals surface area contributed by atoms with Gasteiger partial charge in [-0.25, -0.2) is 0 Å². The third-order valence-electron chi connectivity index (χ3n) is 13.6. The topological polar surface area (TPSA) is 62.2 Å². The predicted molar refractivity (Wildman–Crippen MR) is 254 cm³/mol. The van der Waals surface area contributed by atoms with Gasteiger partial charge in [-0.3, -0.25) is 0 Å². The molecule has 0 aromatic carbocycles. The maximum atomic E-state index is 10.9. The fraction of sp³-hybridized carbons (Fsp3) is 1.00. The zero-order chi connectivity index (χ0) is 42.0. The molecule has 0 saturated heterocycles. The van der Waals surface area contributed by atoms with Crippen LogP contribution < -0.4 is 0 Å². The van der Waals surface area contributed by atoms with Crippen molar-refractivity contribution < 1.29 is 19.7 Å². The first-order valence-electron chi connectivity index (χ1n) is 26.9. The minimum Gasteiger partial charge on any atom is -0.368 e. The highest BCUT2D eigenvalue weighted by atomic mass is 16.6. The number of nitrogens with zero attached hydrogens (tertiary/aromatic N) is 1. The fourth-order valence-corrected chi connectivity index (χ4v) is 9.44. The fourth-order valence-electron chi connectivity index (χ4n) is 9.44. The molecule has 1 saturated carbocycles. The standard InChI is InChI=1S/C53H107NO4/c1-5-8-11-14-17-28-37-48-57-52(55)42-33-22-18-26-35-45-54(47-44-49(4)50-38-29-24-25-30-39-50)46-36-27-19-23-34-43-53(56)58-51(40-31-20-15-12-9-6-2)41-32-21-16-13-10-7-3/h49-53,55-56H,5-48H2,1-4H3. The maximum absolute atomic E-state index is 10.9. The van der Waals surface area contributed by atoms with Crippen molar-refractivity contribution in [3.63, 3.8) is 0 Å². The molecule has 5 heteroatoms. The van der Waals surface area contributed by atoms with E-state index in [1.54, 1.807) is 0 Å². The largest absolute Gasteiger partial charge is 0.368 e. The first-order chi connectivity index (χ1) is 28.5. The van der Waals surface area contributed by atoms with Crippen LogP contribution in [0, 0.1) is 11.8 Å². The molecule has 1 aliphatic rings. The number of ether oxygens (including phenoxy) is 2. The van der Waals surface area contributed by atoms with E-state index in [2.05, 4.69) is 32.6 Å². The van der Waals surface area contributed by atoms with Crippen LogP contribution in [0.1, 0.15) is 285 Å². The van der Waals surface area contributed by atoms with E-state index in [1.807, 2.05) is 0 Å². The predicted octanol–water partition coefficient (Wildman–Crippen LogP) is 16.3. The summed E-state index contributed by atoms with van der Waals surface area (Å²) in [6.07, 6.45) is 50.1. The summed E-state index contributed by atoms with van der Waals surface area (Å²) in [6, 6.07) is 0. The lowest BCUT2D eigenvalue weighted by molar-refractivity contribution is -0.144. The minimum absolute atomic E-state index is 0.237. The summed E-state index contributed by atoms with van der Waals surface area (Å²) in [5, 5.41) is 21.1. The van der Waals surface area contributed by atoms with E-state index >= 15 is 0 Å². The molecule has 0 radical (unpaired) electrons. The summed E-state index contributed by atoms with van der Waals surface area (Å²) in [6.45, 7) is 13.8. The quantitative estimate of drug-likeness (QED) is 0.0364. The van der Waals surface area contributed by atoms with Gasteiger partial charge in [0, 0.05) is 6.61 Å². The van der Waals surface area contributed by atoms with Crippen molar-refractivity contribution in [3.05, 3.63) is 0 Å². The molecule has 1 rings (SSSR count). The van der Waals surface area contributed by atoms with Gasteiger partial charge in [0.15, 0.2) is 12.6 Å². The van der Waals surface area contributed by atoms with Crippen LogP contribution in [0.5, 0.6) is 0 Å². The van der Waals surface area contributed by atoms with Gasteiger partial charge < -0.3 is 24.6 Å². The van der Waals surface area contributed by atoms with Gasteiger partial charge in [-0.05, 0) is 95.7 Å². The Hall–Kier alpha value is -0.200. The molecule has 348 valence electrons. The summed E-state index contributed by atoms with van der Waals surface area (Å²) in [5.41, 5.74) is 0. The van der Waals surface area contributed by atoms with Crippen molar-refractivity contribution >= 4 is 0 Å². The van der Waals surface area contributed by atoms with E-state index in [0.29, 0.717) is 6.61 Å². The highest BCUT2D eigenvalue weighted by molar-refractivity contribution is 4.72. The molecular formula is C53H107NO4. The normalized spacial score (nSPS) is 15.7. The Morgan fingerprint density at radius 2 is 0.828 bits per heavy atom. The first kappa shape index (κ1) is 55.8. The Morgan fingerprint density at radius 1 is 0.431 bits per heavy atom. The van der Waals surface area contributed by atoms with Crippen molar-refractivity contribution in [2.75, 3.05) is 26.2 Å². The van der Waals surface area contributed by atoms with Gasteiger partial charge in [0.05, 0.1) is 6.10 Å². The number of aliphatic hydroxyl groups is 2. The molecule has 0 aromatic rings. The van der Waals surface area contributed by atoms with Crippen LogP contribution in [-0.2, 0) is 9.47 Å². The summed E-state index contributed by atoms with van der Waals surface area (Å²) in [7, 11) is 0. The lowest BCUT2D eigenvalue weighted by Gasteiger charge is -2.27. The molecular weight excluding hydrogens is 715 g/mol. The smallest absolute Gasteiger partial charge is 0.154 e. The number of rotatable bonds is 45.